The summed E-state index contributed by atoms with van der Waals surface area (Å²) < 4.78 is 6.33. The first-order valence-electron chi connectivity index (χ1n) is 10.8. The average molecular weight is 398 g/mol. The molecule has 3 nitrogen and oxygen atoms in total. The number of esters is 1. The highest BCUT2D eigenvalue weighted by molar-refractivity contribution is 5.97. The molecule has 2 aliphatic rings. The van der Waals surface area contributed by atoms with Crippen LogP contribution in [0.3, 0.4) is 0 Å². The Hall–Kier alpha value is -3.07. The van der Waals surface area contributed by atoms with Crippen molar-refractivity contribution >= 4 is 11.7 Å². The van der Waals surface area contributed by atoms with Crippen LogP contribution in [0.25, 0.3) is 0 Å². The summed E-state index contributed by atoms with van der Waals surface area (Å²) in [6.07, 6.45) is 0.851. The molecule has 1 atom stereocenters. The van der Waals surface area contributed by atoms with Crippen molar-refractivity contribution in [1.82, 2.24) is 0 Å². The molecule has 1 spiro atoms. The van der Waals surface area contributed by atoms with Crippen LogP contribution in [0.5, 0.6) is 0 Å². The molecule has 0 amide bonds. The van der Waals surface area contributed by atoms with Crippen molar-refractivity contribution in [3.63, 3.8) is 0 Å². The molecule has 3 aromatic rings. The van der Waals surface area contributed by atoms with E-state index in [1.807, 2.05) is 18.2 Å². The van der Waals surface area contributed by atoms with Gasteiger partial charge < -0.3 is 9.64 Å². The zero-order valence-corrected chi connectivity index (χ0v) is 18.1. The fraction of sp³-hybridized carbons (Fsp3) is 0.296. The first-order valence-corrected chi connectivity index (χ1v) is 10.8. The maximum Gasteiger partial charge on any atom is 0.340 e. The van der Waals surface area contributed by atoms with Gasteiger partial charge in [0.15, 0.2) is 5.60 Å². The normalized spacial score (nSPS) is 18.6. The summed E-state index contributed by atoms with van der Waals surface area (Å²) in [6.45, 7) is 10.6. The summed E-state index contributed by atoms with van der Waals surface area (Å²) in [6, 6.07) is 19.0. The predicted molar refractivity (Wildman–Crippen MR) is 120 cm³/mol. The van der Waals surface area contributed by atoms with E-state index < -0.39 is 5.60 Å². The molecule has 1 aliphatic carbocycles. The molecule has 0 fully saturated rings. The lowest BCUT2D eigenvalue weighted by atomic mass is 9.69. The first kappa shape index (κ1) is 18.9. The number of hydrogen-bond donors (Lipinski definition) is 0. The van der Waals surface area contributed by atoms with Crippen LogP contribution in [0, 0.1) is 13.8 Å². The van der Waals surface area contributed by atoms with Gasteiger partial charge in [0, 0.05) is 35.5 Å². The molecule has 0 saturated heterocycles. The van der Waals surface area contributed by atoms with Gasteiger partial charge in [-0.05, 0) is 69.0 Å². The number of fused-ring (bicyclic) bond motifs is 6. The van der Waals surface area contributed by atoms with Gasteiger partial charge in [-0.15, -0.1) is 0 Å². The van der Waals surface area contributed by atoms with Gasteiger partial charge in [-0.2, -0.15) is 0 Å². The number of rotatable bonds is 3. The van der Waals surface area contributed by atoms with Crippen molar-refractivity contribution in [2.75, 3.05) is 18.0 Å². The number of benzene rings is 3. The summed E-state index contributed by atoms with van der Waals surface area (Å²) >= 11 is 0. The lowest BCUT2D eigenvalue weighted by molar-refractivity contribution is 0.0239. The van der Waals surface area contributed by atoms with E-state index in [0.717, 1.165) is 36.2 Å². The molecule has 0 bridgehead atoms. The number of carbonyl (C=O) groups is 1. The molecule has 0 aromatic heterocycles. The molecule has 0 saturated carbocycles. The lowest BCUT2D eigenvalue weighted by Crippen LogP contribution is -2.36. The minimum atomic E-state index is -0.865. The van der Waals surface area contributed by atoms with Gasteiger partial charge in [-0.3, -0.25) is 0 Å². The second-order valence-corrected chi connectivity index (χ2v) is 8.42. The maximum absolute atomic E-state index is 13.0. The van der Waals surface area contributed by atoms with Crippen LogP contribution >= 0.6 is 0 Å². The zero-order valence-electron chi connectivity index (χ0n) is 18.1. The van der Waals surface area contributed by atoms with Crippen LogP contribution in [0.1, 0.15) is 63.1 Å². The van der Waals surface area contributed by atoms with Crippen molar-refractivity contribution in [3.8, 4) is 0 Å². The van der Waals surface area contributed by atoms with Gasteiger partial charge in [-0.25, -0.2) is 4.79 Å². The minimum absolute atomic E-state index is 0.239. The molecule has 1 aliphatic heterocycles. The quantitative estimate of drug-likeness (QED) is 0.545. The van der Waals surface area contributed by atoms with E-state index in [0.29, 0.717) is 5.56 Å². The Kier molecular flexibility index (Phi) is 4.25. The molecular weight excluding hydrogens is 370 g/mol. The third kappa shape index (κ3) is 2.48. The SMILES string of the molecule is CCN(CC)c1ccc2c(c1)Cc1cc(C)cc(C)c1C21OC(=O)c2ccccc21. The molecule has 1 unspecified atom stereocenters. The van der Waals surface area contributed by atoms with Gasteiger partial charge in [0.05, 0.1) is 5.56 Å². The molecule has 1 heterocycles. The molecule has 0 radical (unpaired) electrons. The molecule has 3 heteroatoms. The van der Waals surface area contributed by atoms with Crippen LogP contribution in [0.2, 0.25) is 0 Å². The van der Waals surface area contributed by atoms with E-state index in [9.17, 15) is 4.79 Å². The van der Waals surface area contributed by atoms with Crippen LogP contribution in [0.15, 0.2) is 54.6 Å². The number of nitrogens with zero attached hydrogens (tertiary/aromatic N) is 1. The van der Waals surface area contributed by atoms with Crippen molar-refractivity contribution in [2.24, 2.45) is 0 Å². The Morgan fingerprint density at radius 2 is 1.70 bits per heavy atom. The van der Waals surface area contributed by atoms with Gasteiger partial charge >= 0.3 is 5.97 Å². The second-order valence-electron chi connectivity index (χ2n) is 8.42. The molecule has 0 N–H and O–H groups in total. The average Bonchev–Trinajstić information content (AvgIpc) is 3.01. The van der Waals surface area contributed by atoms with E-state index in [2.05, 4.69) is 69.0 Å². The van der Waals surface area contributed by atoms with E-state index in [-0.39, 0.29) is 5.97 Å². The topological polar surface area (TPSA) is 29.5 Å². The Bertz CT molecular complexity index is 1180. The molecular formula is C27H27NO2. The standard InChI is InChI=1S/C27H27NO2/c1-5-28(6-2)21-11-12-23-19(16-21)15-20-14-17(3)13-18(4)25(20)27(23)24-10-8-7-9-22(24)26(29)30-27/h7-14,16H,5-6,15H2,1-4H3. The fourth-order valence-corrected chi connectivity index (χ4v) is 5.50. The Balaban J connectivity index is 1.84. The van der Waals surface area contributed by atoms with Crippen LogP contribution < -0.4 is 4.90 Å². The number of anilines is 1. The van der Waals surface area contributed by atoms with Gasteiger partial charge in [-0.1, -0.05) is 42.0 Å². The fourth-order valence-electron chi connectivity index (χ4n) is 5.50. The minimum Gasteiger partial charge on any atom is -0.441 e. The number of carbonyl (C=O) groups excluding carboxylic acids is 1. The maximum atomic E-state index is 13.0. The van der Waals surface area contributed by atoms with Crippen LogP contribution in [-0.2, 0) is 16.8 Å². The van der Waals surface area contributed by atoms with E-state index in [1.54, 1.807) is 0 Å². The van der Waals surface area contributed by atoms with E-state index >= 15 is 0 Å². The van der Waals surface area contributed by atoms with E-state index in [1.165, 1.54) is 27.9 Å². The Morgan fingerprint density at radius 1 is 0.933 bits per heavy atom. The third-order valence-electron chi connectivity index (χ3n) is 6.66. The number of hydrogen-bond acceptors (Lipinski definition) is 3. The summed E-state index contributed by atoms with van der Waals surface area (Å²) in [5.41, 5.74) is 9.11. The predicted octanol–water partition coefficient (Wildman–Crippen LogP) is 5.52. The van der Waals surface area contributed by atoms with Crippen molar-refractivity contribution in [3.05, 3.63) is 99.1 Å². The summed E-state index contributed by atoms with van der Waals surface area (Å²) in [7, 11) is 0. The van der Waals surface area contributed by atoms with Crippen LogP contribution in [-0.4, -0.2) is 19.1 Å². The van der Waals surface area contributed by atoms with Gasteiger partial charge in [0.2, 0.25) is 0 Å². The first-order chi connectivity index (χ1) is 14.5. The highest BCUT2D eigenvalue weighted by Crippen LogP contribution is 2.53. The summed E-state index contributed by atoms with van der Waals surface area (Å²) in [4.78, 5) is 15.3. The van der Waals surface area contributed by atoms with Crippen LogP contribution in [0.4, 0.5) is 5.69 Å². The summed E-state index contributed by atoms with van der Waals surface area (Å²) in [5.74, 6) is -0.239. The highest BCUT2D eigenvalue weighted by atomic mass is 16.6. The Labute approximate surface area is 178 Å². The van der Waals surface area contributed by atoms with Gasteiger partial charge in [0.25, 0.3) is 0 Å². The van der Waals surface area contributed by atoms with E-state index in [4.69, 9.17) is 4.74 Å². The monoisotopic (exact) mass is 397 g/mol. The largest absolute Gasteiger partial charge is 0.441 e. The molecule has 5 rings (SSSR count). The zero-order chi connectivity index (χ0) is 21.0. The molecule has 3 aromatic carbocycles. The second kappa shape index (κ2) is 6.73. The Morgan fingerprint density at radius 3 is 2.47 bits per heavy atom. The number of aryl methyl sites for hydroxylation is 2. The molecule has 152 valence electrons. The third-order valence-corrected chi connectivity index (χ3v) is 6.66. The smallest absolute Gasteiger partial charge is 0.340 e. The van der Waals surface area contributed by atoms with Crippen molar-refractivity contribution in [2.45, 2.75) is 39.7 Å². The number of ether oxygens (including phenoxy) is 1. The van der Waals surface area contributed by atoms with Crippen molar-refractivity contribution < 1.29 is 9.53 Å². The van der Waals surface area contributed by atoms with Crippen molar-refractivity contribution in [1.29, 1.82) is 0 Å². The van der Waals surface area contributed by atoms with Gasteiger partial charge in [0.1, 0.15) is 0 Å². The lowest BCUT2D eigenvalue weighted by Gasteiger charge is -2.39. The molecule has 30 heavy (non-hydrogen) atoms. The highest BCUT2D eigenvalue weighted by Gasteiger charge is 2.52. The summed E-state index contributed by atoms with van der Waals surface area (Å²) in [5, 5.41) is 0.